The molecule has 8 heteroatoms. The van der Waals surface area contributed by atoms with Crippen molar-refractivity contribution in [2.24, 2.45) is 0 Å². The molecule has 32 heavy (non-hydrogen) atoms. The van der Waals surface area contributed by atoms with Crippen LogP contribution in [0.3, 0.4) is 0 Å². The predicted octanol–water partition coefficient (Wildman–Crippen LogP) is 3.87. The summed E-state index contributed by atoms with van der Waals surface area (Å²) < 4.78 is 17.3. The molecule has 8 nitrogen and oxygen atoms in total. The van der Waals surface area contributed by atoms with Crippen LogP contribution in [0.5, 0.6) is 11.5 Å². The van der Waals surface area contributed by atoms with Crippen LogP contribution in [0.25, 0.3) is 0 Å². The molecule has 0 aromatic heterocycles. The lowest BCUT2D eigenvalue weighted by molar-refractivity contribution is 0.0122. The number of fused-ring (bicyclic) bond motifs is 2. The van der Waals surface area contributed by atoms with Crippen molar-refractivity contribution in [3.8, 4) is 11.5 Å². The Morgan fingerprint density at radius 3 is 2.41 bits per heavy atom. The molecular formula is C24H35N3O5. The molecule has 176 valence electrons. The van der Waals surface area contributed by atoms with E-state index in [1.807, 2.05) is 48.8 Å². The van der Waals surface area contributed by atoms with Gasteiger partial charge in [-0.3, -0.25) is 0 Å². The molecule has 2 fully saturated rings. The summed E-state index contributed by atoms with van der Waals surface area (Å²) in [6.07, 6.45) is 3.79. The summed E-state index contributed by atoms with van der Waals surface area (Å²) in [5, 5.41) is 0. The number of amides is 3. The Labute approximate surface area is 190 Å². The number of ether oxygens (including phenoxy) is 3. The Kier molecular flexibility index (Phi) is 6.40. The normalized spacial score (nSPS) is 23.4. The van der Waals surface area contributed by atoms with E-state index in [1.54, 1.807) is 12.0 Å². The fraction of sp³-hybridized carbons (Fsp3) is 0.667. The van der Waals surface area contributed by atoms with Gasteiger partial charge >= 0.3 is 12.1 Å². The maximum Gasteiger partial charge on any atom is 0.410 e. The average molecular weight is 446 g/mol. The van der Waals surface area contributed by atoms with Gasteiger partial charge in [0.25, 0.3) is 0 Å². The Morgan fingerprint density at radius 2 is 1.72 bits per heavy atom. The van der Waals surface area contributed by atoms with Crippen molar-refractivity contribution in [3.05, 3.63) is 23.8 Å². The van der Waals surface area contributed by atoms with Gasteiger partial charge in [0.15, 0.2) is 0 Å². The number of carbonyl (C=O) groups excluding carboxylic acids is 2. The highest BCUT2D eigenvalue weighted by atomic mass is 16.6. The molecule has 0 N–H and O–H groups in total. The van der Waals surface area contributed by atoms with Crippen molar-refractivity contribution in [1.82, 2.24) is 14.7 Å². The van der Waals surface area contributed by atoms with E-state index < -0.39 is 5.60 Å². The maximum absolute atomic E-state index is 13.7. The Hall–Kier alpha value is -2.64. The third kappa shape index (κ3) is 4.89. The second kappa shape index (κ2) is 9.08. The van der Waals surface area contributed by atoms with Gasteiger partial charge in [-0.25, -0.2) is 9.59 Å². The van der Waals surface area contributed by atoms with Gasteiger partial charge in [-0.15, -0.1) is 0 Å². The van der Waals surface area contributed by atoms with Gasteiger partial charge in [0.05, 0.1) is 19.7 Å². The molecule has 1 aromatic carbocycles. The molecule has 0 bridgehead atoms. The molecule has 3 amide bonds. The quantitative estimate of drug-likeness (QED) is 0.656. The summed E-state index contributed by atoms with van der Waals surface area (Å²) in [6.45, 7) is 8.03. The number of urea groups is 1. The first-order chi connectivity index (χ1) is 15.2. The summed E-state index contributed by atoms with van der Waals surface area (Å²) in [7, 11) is 1.64. The van der Waals surface area contributed by atoms with Crippen molar-refractivity contribution in [3.63, 3.8) is 0 Å². The van der Waals surface area contributed by atoms with Crippen molar-refractivity contribution < 1.29 is 23.8 Å². The number of hydrogen-bond acceptors (Lipinski definition) is 5. The van der Waals surface area contributed by atoms with Crippen molar-refractivity contribution in [1.29, 1.82) is 0 Å². The van der Waals surface area contributed by atoms with Gasteiger partial charge in [0.2, 0.25) is 0 Å². The minimum Gasteiger partial charge on any atom is -0.497 e. The fourth-order valence-corrected chi connectivity index (χ4v) is 4.75. The van der Waals surface area contributed by atoms with Gasteiger partial charge in [0, 0.05) is 31.7 Å². The smallest absolute Gasteiger partial charge is 0.410 e. The lowest BCUT2D eigenvalue weighted by atomic mass is 9.91. The summed E-state index contributed by atoms with van der Waals surface area (Å²) >= 11 is 0. The third-order valence-corrected chi connectivity index (χ3v) is 6.40. The zero-order valence-electron chi connectivity index (χ0n) is 19.6. The summed E-state index contributed by atoms with van der Waals surface area (Å²) in [6, 6.07) is 5.90. The largest absolute Gasteiger partial charge is 0.497 e. The second-order valence-corrected chi connectivity index (χ2v) is 9.85. The molecule has 0 unspecified atom stereocenters. The van der Waals surface area contributed by atoms with Crippen LogP contribution < -0.4 is 9.47 Å². The highest BCUT2D eigenvalue weighted by molar-refractivity contribution is 5.76. The van der Waals surface area contributed by atoms with Crippen molar-refractivity contribution in [2.45, 2.75) is 70.7 Å². The van der Waals surface area contributed by atoms with Crippen molar-refractivity contribution in [2.75, 3.05) is 33.3 Å². The average Bonchev–Trinajstić information content (AvgIpc) is 2.93. The third-order valence-electron chi connectivity index (χ3n) is 6.40. The second-order valence-electron chi connectivity index (χ2n) is 9.85. The zero-order valence-corrected chi connectivity index (χ0v) is 19.6. The molecular weight excluding hydrogens is 410 g/mol. The first-order valence-corrected chi connectivity index (χ1v) is 11.6. The number of hydrogen-bond donors (Lipinski definition) is 0. The van der Waals surface area contributed by atoms with Crippen LogP contribution in [0.1, 0.15) is 52.0 Å². The maximum atomic E-state index is 13.7. The minimum absolute atomic E-state index is 0.00500. The predicted molar refractivity (Wildman–Crippen MR) is 120 cm³/mol. The molecule has 1 saturated carbocycles. The summed E-state index contributed by atoms with van der Waals surface area (Å²) in [4.78, 5) is 31.6. The van der Waals surface area contributed by atoms with Gasteiger partial charge in [-0.2, -0.15) is 0 Å². The number of benzene rings is 1. The first kappa shape index (κ1) is 22.6. The zero-order chi connectivity index (χ0) is 22.9. The fourth-order valence-electron chi connectivity index (χ4n) is 4.75. The van der Waals surface area contributed by atoms with E-state index in [-0.39, 0.29) is 24.3 Å². The molecule has 1 aromatic rings. The van der Waals surface area contributed by atoms with E-state index in [9.17, 15) is 9.59 Å². The Bertz CT molecular complexity index is 845. The Morgan fingerprint density at radius 1 is 1.03 bits per heavy atom. The van der Waals surface area contributed by atoms with E-state index in [1.165, 1.54) is 0 Å². The summed E-state index contributed by atoms with van der Waals surface area (Å²) in [5.41, 5.74) is 0.444. The van der Waals surface area contributed by atoms with Crippen molar-refractivity contribution >= 4 is 12.1 Å². The van der Waals surface area contributed by atoms with Gasteiger partial charge in [0.1, 0.15) is 23.2 Å². The van der Waals surface area contributed by atoms with Crippen LogP contribution in [0.2, 0.25) is 0 Å². The lowest BCUT2D eigenvalue weighted by Gasteiger charge is -2.42. The van der Waals surface area contributed by atoms with Crippen LogP contribution >= 0.6 is 0 Å². The highest BCUT2D eigenvalue weighted by Crippen LogP contribution is 2.36. The molecule has 2 aliphatic heterocycles. The van der Waals surface area contributed by atoms with Gasteiger partial charge in [-0.05, 0) is 58.2 Å². The molecule has 0 spiro atoms. The van der Waals surface area contributed by atoms with E-state index in [0.717, 1.165) is 42.7 Å². The molecule has 1 saturated heterocycles. The standard InChI is InChI=1S/C24H35N3O5/c1-24(2,3)32-23(29)26-13-11-25(12-14-26)22(28)27-16-17-15-18(30-4)9-10-20(17)31-21-8-6-5-7-19(21)27/h9-10,15,19,21H,5-8,11-14,16H2,1-4H3/t19-,21+/m1/s1. The number of methoxy groups -OCH3 is 1. The molecule has 4 rings (SSSR count). The van der Waals surface area contributed by atoms with Crippen LogP contribution in [0, 0.1) is 0 Å². The highest BCUT2D eigenvalue weighted by Gasteiger charge is 2.40. The summed E-state index contributed by atoms with van der Waals surface area (Å²) in [5.74, 6) is 1.60. The van der Waals surface area contributed by atoms with E-state index in [2.05, 4.69) is 0 Å². The number of piperazine rings is 1. The molecule has 2 atom stereocenters. The molecule has 0 radical (unpaired) electrons. The minimum atomic E-state index is -0.527. The SMILES string of the molecule is COc1ccc2c(c1)CN(C(=O)N1CCN(C(=O)OC(C)(C)C)CC1)[C@@H]1CCCC[C@@H]1O2. The van der Waals surface area contributed by atoms with Gasteiger partial charge < -0.3 is 28.9 Å². The number of carbonyl (C=O) groups is 2. The molecule has 1 aliphatic carbocycles. The topological polar surface area (TPSA) is 71.6 Å². The van der Waals surface area contributed by atoms with Crippen LogP contribution in [0.15, 0.2) is 18.2 Å². The van der Waals surface area contributed by atoms with Gasteiger partial charge in [-0.1, -0.05) is 6.42 Å². The first-order valence-electron chi connectivity index (χ1n) is 11.6. The van der Waals surface area contributed by atoms with Crippen LogP contribution in [0.4, 0.5) is 9.59 Å². The number of nitrogens with zero attached hydrogens (tertiary/aromatic N) is 3. The molecule has 3 aliphatic rings. The number of rotatable bonds is 1. The Balaban J connectivity index is 1.48. The van der Waals surface area contributed by atoms with E-state index >= 15 is 0 Å². The van der Waals surface area contributed by atoms with Crippen LogP contribution in [-0.4, -0.2) is 77.9 Å². The van der Waals surface area contributed by atoms with Crippen LogP contribution in [-0.2, 0) is 11.3 Å². The van der Waals surface area contributed by atoms with E-state index in [4.69, 9.17) is 14.2 Å². The molecule has 2 heterocycles. The van der Waals surface area contributed by atoms with E-state index in [0.29, 0.717) is 32.7 Å². The monoisotopic (exact) mass is 445 g/mol. The lowest BCUT2D eigenvalue weighted by Crippen LogP contribution is -2.58.